The van der Waals surface area contributed by atoms with Crippen LogP contribution in [0.25, 0.3) is 11.0 Å². The maximum absolute atomic E-state index is 13.3. The van der Waals surface area contributed by atoms with Gasteiger partial charge in [0.25, 0.3) is 5.56 Å². The fourth-order valence-electron chi connectivity index (χ4n) is 3.90. The highest BCUT2D eigenvalue weighted by Gasteiger charge is 2.17. The summed E-state index contributed by atoms with van der Waals surface area (Å²) >= 11 is 0. The number of hydrogen-bond acceptors (Lipinski definition) is 7. The van der Waals surface area contributed by atoms with Crippen molar-refractivity contribution in [3.8, 4) is 17.2 Å². The lowest BCUT2D eigenvalue weighted by atomic mass is 10.2. The molecular weight excluding hydrogens is 452 g/mol. The molecule has 1 N–H and O–H groups in total. The number of carbonyl (C=O) groups is 1. The van der Waals surface area contributed by atoms with Crippen LogP contribution in [-0.2, 0) is 24.4 Å². The van der Waals surface area contributed by atoms with Gasteiger partial charge >= 0.3 is 5.69 Å². The van der Waals surface area contributed by atoms with E-state index >= 15 is 0 Å². The van der Waals surface area contributed by atoms with Gasteiger partial charge in [-0.2, -0.15) is 0 Å². The van der Waals surface area contributed by atoms with Crippen molar-refractivity contribution in [2.75, 3.05) is 13.9 Å². The number of methoxy groups -OCH3 is 1. The van der Waals surface area contributed by atoms with Crippen molar-refractivity contribution in [3.05, 3.63) is 92.8 Å². The van der Waals surface area contributed by atoms with Gasteiger partial charge in [-0.25, -0.2) is 9.78 Å². The Bertz CT molecular complexity index is 1520. The number of fused-ring (bicyclic) bond motifs is 2. The van der Waals surface area contributed by atoms with E-state index in [1.54, 1.807) is 55.6 Å². The number of rotatable bonds is 7. The Balaban J connectivity index is 1.41. The van der Waals surface area contributed by atoms with Crippen LogP contribution in [0.5, 0.6) is 17.2 Å². The lowest BCUT2D eigenvalue weighted by Crippen LogP contribution is -2.43. The van der Waals surface area contributed by atoms with E-state index in [4.69, 9.17) is 14.2 Å². The zero-order valence-corrected chi connectivity index (χ0v) is 18.9. The molecule has 4 aromatic rings. The average molecular weight is 474 g/mol. The Morgan fingerprint density at radius 1 is 1.03 bits per heavy atom. The molecule has 2 aromatic heterocycles. The van der Waals surface area contributed by atoms with Gasteiger partial charge in [0.2, 0.25) is 12.7 Å². The van der Waals surface area contributed by atoms with Gasteiger partial charge in [-0.05, 0) is 47.5 Å². The van der Waals surface area contributed by atoms with Crippen LogP contribution in [-0.4, -0.2) is 33.9 Å². The predicted molar refractivity (Wildman–Crippen MR) is 127 cm³/mol. The minimum absolute atomic E-state index is 0.0347. The molecule has 178 valence electrons. The van der Waals surface area contributed by atoms with Crippen molar-refractivity contribution in [2.24, 2.45) is 0 Å². The summed E-state index contributed by atoms with van der Waals surface area (Å²) in [6, 6.07) is 15.7. The van der Waals surface area contributed by atoms with Gasteiger partial charge in [-0.1, -0.05) is 18.2 Å². The zero-order chi connectivity index (χ0) is 24.4. The summed E-state index contributed by atoms with van der Waals surface area (Å²) in [5.74, 6) is 1.56. The molecule has 10 nitrogen and oxygen atoms in total. The largest absolute Gasteiger partial charge is 0.497 e. The van der Waals surface area contributed by atoms with Crippen LogP contribution in [0, 0.1) is 0 Å². The van der Waals surface area contributed by atoms with Gasteiger partial charge < -0.3 is 19.5 Å². The molecule has 5 rings (SSSR count). The first-order valence-corrected chi connectivity index (χ1v) is 10.9. The van der Waals surface area contributed by atoms with Gasteiger partial charge in [0.15, 0.2) is 17.0 Å². The molecule has 0 radical (unpaired) electrons. The first-order valence-electron chi connectivity index (χ1n) is 10.9. The third-order valence-electron chi connectivity index (χ3n) is 5.71. The second-order valence-electron chi connectivity index (χ2n) is 7.94. The first kappa shape index (κ1) is 22.2. The van der Waals surface area contributed by atoms with E-state index in [2.05, 4.69) is 10.3 Å². The normalized spacial score (nSPS) is 12.0. The molecule has 0 saturated carbocycles. The number of nitrogens with zero attached hydrogens (tertiary/aromatic N) is 3. The molecule has 0 saturated heterocycles. The minimum Gasteiger partial charge on any atom is -0.497 e. The molecule has 1 amide bonds. The highest BCUT2D eigenvalue weighted by Crippen LogP contribution is 2.32. The first-order chi connectivity index (χ1) is 17.0. The number of amides is 1. The SMILES string of the molecule is COc1ccc(Cn2c(=O)c3ncccc3n(CC(=O)NCc3ccc4c(c3)OCO4)c2=O)cc1. The summed E-state index contributed by atoms with van der Waals surface area (Å²) in [6.45, 7) is 0.175. The molecule has 0 atom stereocenters. The van der Waals surface area contributed by atoms with E-state index in [9.17, 15) is 14.4 Å². The fourth-order valence-corrected chi connectivity index (χ4v) is 3.90. The second-order valence-corrected chi connectivity index (χ2v) is 7.94. The number of nitrogens with one attached hydrogen (secondary N) is 1. The van der Waals surface area contributed by atoms with E-state index < -0.39 is 11.2 Å². The van der Waals surface area contributed by atoms with E-state index in [0.717, 1.165) is 15.7 Å². The Hall–Kier alpha value is -4.60. The maximum Gasteiger partial charge on any atom is 0.332 e. The Kier molecular flexibility index (Phi) is 5.92. The summed E-state index contributed by atoms with van der Waals surface area (Å²) in [7, 11) is 1.56. The number of hydrogen-bond donors (Lipinski definition) is 1. The monoisotopic (exact) mass is 474 g/mol. The molecule has 3 heterocycles. The molecule has 0 bridgehead atoms. The molecule has 1 aliphatic rings. The lowest BCUT2D eigenvalue weighted by Gasteiger charge is -2.14. The van der Waals surface area contributed by atoms with E-state index in [1.165, 1.54) is 10.8 Å². The highest BCUT2D eigenvalue weighted by molar-refractivity contribution is 5.79. The molecule has 2 aromatic carbocycles. The van der Waals surface area contributed by atoms with E-state index in [-0.39, 0.29) is 37.9 Å². The number of benzene rings is 2. The molecule has 0 fully saturated rings. The van der Waals surface area contributed by atoms with Crippen molar-refractivity contribution < 1.29 is 19.0 Å². The number of carbonyl (C=O) groups excluding carboxylic acids is 1. The van der Waals surface area contributed by atoms with Crippen LogP contribution in [0.15, 0.2) is 70.4 Å². The molecule has 0 spiro atoms. The Morgan fingerprint density at radius 3 is 2.60 bits per heavy atom. The molecular formula is C25H22N4O6. The van der Waals surface area contributed by atoms with Crippen molar-refractivity contribution >= 4 is 16.9 Å². The van der Waals surface area contributed by atoms with Crippen LogP contribution in [0.2, 0.25) is 0 Å². The van der Waals surface area contributed by atoms with Gasteiger partial charge in [-0.3, -0.25) is 18.7 Å². The minimum atomic E-state index is -0.593. The summed E-state index contributed by atoms with van der Waals surface area (Å²) < 4.78 is 18.2. The van der Waals surface area contributed by atoms with Crippen LogP contribution in [0.3, 0.4) is 0 Å². The van der Waals surface area contributed by atoms with Gasteiger partial charge in [-0.15, -0.1) is 0 Å². The predicted octanol–water partition coefficient (Wildman–Crippen LogP) is 1.66. The zero-order valence-electron chi connectivity index (χ0n) is 18.9. The van der Waals surface area contributed by atoms with Crippen LogP contribution in [0.4, 0.5) is 0 Å². The van der Waals surface area contributed by atoms with Crippen molar-refractivity contribution in [1.29, 1.82) is 0 Å². The summed E-state index contributed by atoms with van der Waals surface area (Å²) in [6.07, 6.45) is 1.48. The molecule has 0 unspecified atom stereocenters. The lowest BCUT2D eigenvalue weighted by molar-refractivity contribution is -0.121. The van der Waals surface area contributed by atoms with Crippen LogP contribution < -0.4 is 30.8 Å². The van der Waals surface area contributed by atoms with E-state index in [0.29, 0.717) is 22.8 Å². The molecule has 1 aliphatic heterocycles. The number of pyridine rings is 1. The third-order valence-corrected chi connectivity index (χ3v) is 5.71. The summed E-state index contributed by atoms with van der Waals surface area (Å²) in [4.78, 5) is 43.4. The third kappa shape index (κ3) is 4.45. The number of aromatic nitrogens is 3. The van der Waals surface area contributed by atoms with Crippen molar-refractivity contribution in [3.63, 3.8) is 0 Å². The van der Waals surface area contributed by atoms with Gasteiger partial charge in [0.05, 0.1) is 19.2 Å². The molecule has 35 heavy (non-hydrogen) atoms. The van der Waals surface area contributed by atoms with Gasteiger partial charge in [0.1, 0.15) is 12.3 Å². The maximum atomic E-state index is 13.3. The molecule has 0 aliphatic carbocycles. The molecule has 10 heteroatoms. The standard InChI is InChI=1S/C25H22N4O6/c1-33-18-7-4-16(5-8-18)13-29-24(31)23-19(3-2-10-26-23)28(25(29)32)14-22(30)27-12-17-6-9-20-21(11-17)35-15-34-20/h2-11H,12-15H2,1H3,(H,27,30). The number of ether oxygens (including phenoxy) is 3. The van der Waals surface area contributed by atoms with Crippen LogP contribution in [0.1, 0.15) is 11.1 Å². The smallest absolute Gasteiger partial charge is 0.332 e. The topological polar surface area (TPSA) is 114 Å². The van der Waals surface area contributed by atoms with Crippen molar-refractivity contribution in [1.82, 2.24) is 19.4 Å². The van der Waals surface area contributed by atoms with Crippen LogP contribution >= 0.6 is 0 Å². The van der Waals surface area contributed by atoms with Crippen molar-refractivity contribution in [2.45, 2.75) is 19.6 Å². The Morgan fingerprint density at radius 2 is 1.80 bits per heavy atom. The quantitative estimate of drug-likeness (QED) is 0.433. The van der Waals surface area contributed by atoms with Gasteiger partial charge in [0, 0.05) is 12.7 Å². The second kappa shape index (κ2) is 9.34. The summed E-state index contributed by atoms with van der Waals surface area (Å²) in [5.41, 5.74) is 0.865. The summed E-state index contributed by atoms with van der Waals surface area (Å²) in [5, 5.41) is 2.81. The Labute approximate surface area is 199 Å². The fraction of sp³-hybridized carbons (Fsp3) is 0.200. The highest BCUT2D eigenvalue weighted by atomic mass is 16.7. The van der Waals surface area contributed by atoms with E-state index in [1.807, 2.05) is 6.07 Å². The average Bonchev–Trinajstić information content (AvgIpc) is 3.36.